The Morgan fingerprint density at radius 1 is 1.22 bits per heavy atom. The summed E-state index contributed by atoms with van der Waals surface area (Å²) in [5.74, 6) is -1.03. The number of carbonyl (C=O) groups is 1. The van der Waals surface area contributed by atoms with Gasteiger partial charge < -0.3 is 10.4 Å². The first-order valence-corrected chi connectivity index (χ1v) is 9.25. The van der Waals surface area contributed by atoms with Crippen LogP contribution in [0.5, 0.6) is 0 Å². The predicted octanol–water partition coefficient (Wildman–Crippen LogP) is 4.26. The van der Waals surface area contributed by atoms with E-state index in [9.17, 15) is 9.90 Å². The van der Waals surface area contributed by atoms with E-state index >= 15 is 0 Å². The molecule has 0 spiro atoms. The molecule has 1 unspecified atom stereocenters. The van der Waals surface area contributed by atoms with Crippen LogP contribution >= 0.6 is 0 Å². The molecule has 3 heterocycles. The Bertz CT molecular complexity index is 1080. The molecule has 6 heteroatoms. The van der Waals surface area contributed by atoms with E-state index in [1.54, 1.807) is 10.6 Å². The molecule has 1 atom stereocenters. The third kappa shape index (κ3) is 2.97. The van der Waals surface area contributed by atoms with E-state index in [2.05, 4.69) is 42.4 Å². The minimum absolute atomic E-state index is 0.0469. The first-order chi connectivity index (χ1) is 13.0. The number of aryl methyl sites for hydroxylation is 1. The van der Waals surface area contributed by atoms with Gasteiger partial charge >= 0.3 is 5.97 Å². The van der Waals surface area contributed by atoms with Gasteiger partial charge in [0.15, 0.2) is 11.3 Å². The van der Waals surface area contributed by atoms with E-state index in [4.69, 9.17) is 5.10 Å². The van der Waals surface area contributed by atoms with Gasteiger partial charge in [0.25, 0.3) is 0 Å². The zero-order valence-corrected chi connectivity index (χ0v) is 15.7. The van der Waals surface area contributed by atoms with Crippen LogP contribution in [0.3, 0.4) is 0 Å². The topological polar surface area (TPSA) is 79.5 Å². The van der Waals surface area contributed by atoms with Crippen LogP contribution in [-0.2, 0) is 6.42 Å². The fourth-order valence-electron chi connectivity index (χ4n) is 3.62. The zero-order chi connectivity index (χ0) is 19.1. The fraction of sp³-hybridized carbons (Fsp3) is 0.286. The molecule has 2 N–H and O–H groups in total. The number of hydrogen-bond donors (Lipinski definition) is 2. The van der Waals surface area contributed by atoms with Crippen molar-refractivity contribution in [1.82, 2.24) is 14.6 Å². The molecule has 0 fully saturated rings. The molecule has 1 aliphatic rings. The van der Waals surface area contributed by atoms with E-state index in [0.29, 0.717) is 18.1 Å². The predicted molar refractivity (Wildman–Crippen MR) is 106 cm³/mol. The van der Waals surface area contributed by atoms with Crippen LogP contribution in [0.15, 0.2) is 36.4 Å². The second kappa shape index (κ2) is 6.54. The Labute approximate surface area is 157 Å². The van der Waals surface area contributed by atoms with E-state index in [1.807, 2.05) is 19.1 Å². The average Bonchev–Trinajstić information content (AvgIpc) is 3.10. The van der Waals surface area contributed by atoms with Crippen molar-refractivity contribution in [3.05, 3.63) is 53.4 Å². The van der Waals surface area contributed by atoms with Crippen molar-refractivity contribution in [2.45, 2.75) is 39.7 Å². The minimum Gasteiger partial charge on any atom is -0.477 e. The molecule has 0 saturated carbocycles. The largest absolute Gasteiger partial charge is 0.477 e. The second-order valence-corrected chi connectivity index (χ2v) is 6.83. The zero-order valence-electron chi connectivity index (χ0n) is 15.7. The molecule has 0 aliphatic carbocycles. The number of fused-ring (bicyclic) bond motifs is 2. The monoisotopic (exact) mass is 362 g/mol. The molecule has 138 valence electrons. The molecule has 6 nitrogen and oxygen atoms in total. The van der Waals surface area contributed by atoms with Crippen LogP contribution in [-0.4, -0.2) is 31.7 Å². The van der Waals surface area contributed by atoms with Crippen LogP contribution in [0.4, 0.5) is 5.69 Å². The Morgan fingerprint density at radius 2 is 2.04 bits per heavy atom. The Morgan fingerprint density at radius 3 is 2.74 bits per heavy atom. The summed E-state index contributed by atoms with van der Waals surface area (Å²) in [7, 11) is 0. The number of nitrogens with one attached hydrogen (secondary N) is 1. The Kier molecular flexibility index (Phi) is 4.18. The Hall–Kier alpha value is -3.15. The maximum Gasteiger partial charge on any atom is 0.354 e. The van der Waals surface area contributed by atoms with Gasteiger partial charge in [0.05, 0.1) is 5.69 Å². The molecule has 0 amide bonds. The van der Waals surface area contributed by atoms with Crippen molar-refractivity contribution in [1.29, 1.82) is 0 Å². The van der Waals surface area contributed by atoms with Crippen molar-refractivity contribution >= 4 is 22.9 Å². The molecule has 1 aliphatic heterocycles. The highest BCUT2D eigenvalue weighted by atomic mass is 16.4. The van der Waals surface area contributed by atoms with Gasteiger partial charge in [-0.05, 0) is 43.5 Å². The number of benzene rings is 1. The van der Waals surface area contributed by atoms with Crippen molar-refractivity contribution in [2.75, 3.05) is 5.32 Å². The molecule has 0 radical (unpaired) electrons. The van der Waals surface area contributed by atoms with Gasteiger partial charge in [-0.15, -0.1) is 0 Å². The lowest BCUT2D eigenvalue weighted by Gasteiger charge is -2.24. The van der Waals surface area contributed by atoms with Gasteiger partial charge in [0.2, 0.25) is 0 Å². The van der Waals surface area contributed by atoms with Crippen molar-refractivity contribution in [2.24, 2.45) is 0 Å². The number of nitrogens with zero attached hydrogens (tertiary/aromatic N) is 3. The lowest BCUT2D eigenvalue weighted by Crippen LogP contribution is -2.18. The smallest absolute Gasteiger partial charge is 0.354 e. The average molecular weight is 362 g/mol. The SMILES string of the molecule is CCC1=CC(C)Nc2ccc(-c3cc4nc(C(=O)O)cc(CC)n4n3)cc21. The number of carboxylic acid groups (broad SMARTS) is 1. The van der Waals surface area contributed by atoms with Crippen molar-refractivity contribution < 1.29 is 9.90 Å². The first-order valence-electron chi connectivity index (χ1n) is 9.25. The van der Waals surface area contributed by atoms with Gasteiger partial charge in [0.1, 0.15) is 0 Å². The van der Waals surface area contributed by atoms with Crippen molar-refractivity contribution in [3.63, 3.8) is 0 Å². The summed E-state index contributed by atoms with van der Waals surface area (Å²) in [5.41, 5.74) is 6.86. The molecule has 2 aromatic heterocycles. The number of hydrogen-bond acceptors (Lipinski definition) is 4. The molecule has 1 aromatic carbocycles. The van der Waals surface area contributed by atoms with Gasteiger partial charge in [-0.25, -0.2) is 14.3 Å². The molecule has 0 bridgehead atoms. The maximum absolute atomic E-state index is 11.3. The van der Waals surface area contributed by atoms with E-state index in [1.165, 1.54) is 11.1 Å². The minimum atomic E-state index is -1.03. The lowest BCUT2D eigenvalue weighted by atomic mass is 9.93. The lowest BCUT2D eigenvalue weighted by molar-refractivity contribution is 0.0690. The summed E-state index contributed by atoms with van der Waals surface area (Å²) in [6.45, 7) is 6.29. The summed E-state index contributed by atoms with van der Waals surface area (Å²) in [4.78, 5) is 15.6. The molecule has 27 heavy (non-hydrogen) atoms. The number of aromatic nitrogens is 3. The summed E-state index contributed by atoms with van der Waals surface area (Å²) in [6, 6.07) is 10.0. The normalized spacial score (nSPS) is 16.0. The maximum atomic E-state index is 11.3. The number of aromatic carboxylic acids is 1. The summed E-state index contributed by atoms with van der Waals surface area (Å²) < 4.78 is 1.73. The Balaban J connectivity index is 1.84. The van der Waals surface area contributed by atoms with Gasteiger partial charge in [0, 0.05) is 34.6 Å². The highest BCUT2D eigenvalue weighted by Gasteiger charge is 2.18. The second-order valence-electron chi connectivity index (χ2n) is 6.83. The third-order valence-electron chi connectivity index (χ3n) is 4.96. The van der Waals surface area contributed by atoms with Crippen LogP contribution < -0.4 is 5.32 Å². The van der Waals surface area contributed by atoms with E-state index in [0.717, 1.165) is 29.1 Å². The van der Waals surface area contributed by atoms with E-state index < -0.39 is 5.97 Å². The van der Waals surface area contributed by atoms with Crippen LogP contribution in [0.25, 0.3) is 22.5 Å². The molecule has 0 saturated heterocycles. The number of carboxylic acids is 1. The molecular formula is C21H22N4O2. The van der Waals surface area contributed by atoms with Gasteiger partial charge in [-0.3, -0.25) is 0 Å². The highest BCUT2D eigenvalue weighted by Crippen LogP contribution is 2.35. The summed E-state index contributed by atoms with van der Waals surface area (Å²) in [5, 5.41) is 17.5. The van der Waals surface area contributed by atoms with Gasteiger partial charge in [-0.2, -0.15) is 5.10 Å². The molecule has 3 aromatic rings. The number of anilines is 1. The van der Waals surface area contributed by atoms with Crippen molar-refractivity contribution in [3.8, 4) is 11.3 Å². The van der Waals surface area contributed by atoms with Gasteiger partial charge in [-0.1, -0.05) is 26.0 Å². The van der Waals surface area contributed by atoms with Crippen LogP contribution in [0.1, 0.15) is 48.9 Å². The summed E-state index contributed by atoms with van der Waals surface area (Å²) >= 11 is 0. The fourth-order valence-corrected chi connectivity index (χ4v) is 3.62. The van der Waals surface area contributed by atoms with E-state index in [-0.39, 0.29) is 5.69 Å². The first kappa shape index (κ1) is 17.3. The standard InChI is InChI=1S/C21H22N4O2/c1-4-13-8-12(3)22-17-7-6-14(9-16(13)17)18-11-20-23-19(21(26)27)10-15(5-2)25(20)24-18/h6-12,22H,4-5H2,1-3H3,(H,26,27). The molecular weight excluding hydrogens is 340 g/mol. The molecule has 4 rings (SSSR count). The number of rotatable bonds is 4. The quantitative estimate of drug-likeness (QED) is 0.725. The highest BCUT2D eigenvalue weighted by molar-refractivity contribution is 5.86. The summed E-state index contributed by atoms with van der Waals surface area (Å²) in [6.07, 6.45) is 3.90. The van der Waals surface area contributed by atoms with Crippen LogP contribution in [0, 0.1) is 0 Å². The number of allylic oxidation sites excluding steroid dienone is 1. The van der Waals surface area contributed by atoms with Crippen LogP contribution in [0.2, 0.25) is 0 Å². The third-order valence-corrected chi connectivity index (χ3v) is 4.96.